The molecule has 0 aliphatic rings. The first-order valence-corrected chi connectivity index (χ1v) is 5.19. The molecule has 0 amide bonds. The molecule has 14 heavy (non-hydrogen) atoms. The van der Waals surface area contributed by atoms with Gasteiger partial charge in [-0.05, 0) is 24.1 Å². The second kappa shape index (κ2) is 5.11. The molecular weight excluding hydrogens is 198 g/mol. The summed E-state index contributed by atoms with van der Waals surface area (Å²) < 4.78 is 5.56. The lowest BCUT2D eigenvalue weighted by Gasteiger charge is -2.12. The maximum absolute atomic E-state index is 5.77. The number of nitrogen functional groups attached to an aromatic ring is 1. The molecule has 0 fully saturated rings. The predicted molar refractivity (Wildman–Crippen MR) is 60.8 cm³/mol. The molecule has 1 aromatic carbocycles. The van der Waals surface area contributed by atoms with E-state index in [1.807, 2.05) is 0 Å². The van der Waals surface area contributed by atoms with Gasteiger partial charge in [-0.2, -0.15) is 0 Å². The molecule has 0 radical (unpaired) electrons. The van der Waals surface area contributed by atoms with E-state index in [0.717, 1.165) is 12.2 Å². The summed E-state index contributed by atoms with van der Waals surface area (Å²) in [5.74, 6) is 1.26. The van der Waals surface area contributed by atoms with E-state index in [2.05, 4.69) is 13.8 Å². The largest absolute Gasteiger partial charge is 0.491 e. The van der Waals surface area contributed by atoms with E-state index < -0.39 is 0 Å². The molecule has 1 atom stereocenters. The standard InChI is InChI=1S/C11H16ClNO/c1-3-8(2)7-14-11-5-4-9(12)6-10(11)13/h4-6,8H,3,7,13H2,1-2H3. The molecule has 3 heteroatoms. The van der Waals surface area contributed by atoms with E-state index >= 15 is 0 Å². The quantitative estimate of drug-likeness (QED) is 0.779. The van der Waals surface area contributed by atoms with Crippen LogP contribution in [0.4, 0.5) is 5.69 Å². The highest BCUT2D eigenvalue weighted by molar-refractivity contribution is 6.30. The number of anilines is 1. The molecule has 1 rings (SSSR count). The fourth-order valence-electron chi connectivity index (χ4n) is 1.00. The first-order chi connectivity index (χ1) is 6.63. The van der Waals surface area contributed by atoms with Gasteiger partial charge in [0.15, 0.2) is 0 Å². The molecule has 0 saturated heterocycles. The van der Waals surface area contributed by atoms with Gasteiger partial charge >= 0.3 is 0 Å². The fourth-order valence-corrected chi connectivity index (χ4v) is 1.18. The van der Waals surface area contributed by atoms with Crippen molar-refractivity contribution in [2.45, 2.75) is 20.3 Å². The highest BCUT2D eigenvalue weighted by atomic mass is 35.5. The minimum atomic E-state index is 0.546. The van der Waals surface area contributed by atoms with E-state index in [-0.39, 0.29) is 0 Å². The molecule has 0 aliphatic heterocycles. The third-order valence-corrected chi connectivity index (χ3v) is 2.43. The minimum Gasteiger partial charge on any atom is -0.491 e. The molecule has 0 aromatic heterocycles. The summed E-state index contributed by atoms with van der Waals surface area (Å²) in [5, 5.41) is 0.637. The molecule has 0 heterocycles. The highest BCUT2D eigenvalue weighted by Crippen LogP contribution is 2.25. The first-order valence-electron chi connectivity index (χ1n) is 4.81. The summed E-state index contributed by atoms with van der Waals surface area (Å²) in [6, 6.07) is 5.29. The van der Waals surface area contributed by atoms with Gasteiger partial charge < -0.3 is 10.5 Å². The van der Waals surface area contributed by atoms with Crippen LogP contribution in [0.5, 0.6) is 5.75 Å². The van der Waals surface area contributed by atoms with Gasteiger partial charge in [0.05, 0.1) is 12.3 Å². The van der Waals surface area contributed by atoms with E-state index in [1.54, 1.807) is 18.2 Å². The van der Waals surface area contributed by atoms with Crippen LogP contribution in [-0.2, 0) is 0 Å². The summed E-state index contributed by atoms with van der Waals surface area (Å²) in [5.41, 5.74) is 6.34. The number of benzene rings is 1. The van der Waals surface area contributed by atoms with Crippen molar-refractivity contribution >= 4 is 17.3 Å². The summed E-state index contributed by atoms with van der Waals surface area (Å²) in [7, 11) is 0. The van der Waals surface area contributed by atoms with Crippen molar-refractivity contribution in [3.05, 3.63) is 23.2 Å². The Labute approximate surface area is 90.0 Å². The Balaban J connectivity index is 2.59. The summed E-state index contributed by atoms with van der Waals surface area (Å²) in [6.45, 7) is 4.98. The molecule has 0 spiro atoms. The average Bonchev–Trinajstić information content (AvgIpc) is 2.16. The Hall–Kier alpha value is -0.890. The zero-order valence-electron chi connectivity index (χ0n) is 8.59. The van der Waals surface area contributed by atoms with E-state index in [9.17, 15) is 0 Å². The topological polar surface area (TPSA) is 35.2 Å². The Bertz CT molecular complexity index is 301. The van der Waals surface area contributed by atoms with Crippen molar-refractivity contribution in [1.29, 1.82) is 0 Å². The molecular formula is C11H16ClNO. The van der Waals surface area contributed by atoms with E-state index in [4.69, 9.17) is 22.1 Å². The molecule has 1 aromatic rings. The minimum absolute atomic E-state index is 0.546. The molecule has 2 nitrogen and oxygen atoms in total. The number of hydrogen-bond acceptors (Lipinski definition) is 2. The van der Waals surface area contributed by atoms with Crippen LogP contribution < -0.4 is 10.5 Å². The van der Waals surface area contributed by atoms with Crippen LogP contribution in [-0.4, -0.2) is 6.61 Å². The number of nitrogens with two attached hydrogens (primary N) is 1. The summed E-state index contributed by atoms with van der Waals surface area (Å²) in [4.78, 5) is 0. The third kappa shape index (κ3) is 3.11. The third-order valence-electron chi connectivity index (χ3n) is 2.19. The van der Waals surface area contributed by atoms with Crippen LogP contribution in [0.3, 0.4) is 0 Å². The molecule has 78 valence electrons. The van der Waals surface area contributed by atoms with E-state index in [1.165, 1.54) is 0 Å². The second-order valence-corrected chi connectivity index (χ2v) is 3.94. The lowest BCUT2D eigenvalue weighted by molar-refractivity contribution is 0.258. The zero-order valence-corrected chi connectivity index (χ0v) is 9.34. The maximum atomic E-state index is 5.77. The van der Waals surface area contributed by atoms with Crippen LogP contribution in [0.15, 0.2) is 18.2 Å². The second-order valence-electron chi connectivity index (χ2n) is 3.51. The van der Waals surface area contributed by atoms with Crippen molar-refractivity contribution in [3.63, 3.8) is 0 Å². The molecule has 1 unspecified atom stereocenters. The van der Waals surface area contributed by atoms with Crippen molar-refractivity contribution in [1.82, 2.24) is 0 Å². The predicted octanol–water partition coefficient (Wildman–Crippen LogP) is 3.35. The van der Waals surface area contributed by atoms with Crippen LogP contribution >= 0.6 is 11.6 Å². The molecule has 0 bridgehead atoms. The number of rotatable bonds is 4. The molecule has 2 N–H and O–H groups in total. The van der Waals surface area contributed by atoms with E-state index in [0.29, 0.717) is 23.2 Å². The SMILES string of the molecule is CCC(C)COc1ccc(Cl)cc1N. The maximum Gasteiger partial charge on any atom is 0.142 e. The van der Waals surface area contributed by atoms with Gasteiger partial charge in [-0.1, -0.05) is 31.9 Å². The van der Waals surface area contributed by atoms with Gasteiger partial charge in [0.1, 0.15) is 5.75 Å². The average molecular weight is 214 g/mol. The Morgan fingerprint density at radius 1 is 1.50 bits per heavy atom. The van der Waals surface area contributed by atoms with Crippen LogP contribution in [0.1, 0.15) is 20.3 Å². The lowest BCUT2D eigenvalue weighted by atomic mass is 10.1. The monoisotopic (exact) mass is 213 g/mol. The number of ether oxygens (including phenoxy) is 1. The number of halogens is 1. The zero-order chi connectivity index (χ0) is 10.6. The smallest absolute Gasteiger partial charge is 0.142 e. The number of hydrogen-bond donors (Lipinski definition) is 1. The van der Waals surface area contributed by atoms with Crippen molar-refractivity contribution in [2.24, 2.45) is 5.92 Å². The van der Waals surface area contributed by atoms with Crippen molar-refractivity contribution in [2.75, 3.05) is 12.3 Å². The normalized spacial score (nSPS) is 12.5. The summed E-state index contributed by atoms with van der Waals surface area (Å²) in [6.07, 6.45) is 1.10. The van der Waals surface area contributed by atoms with Gasteiger partial charge in [-0.15, -0.1) is 0 Å². The first kappa shape index (κ1) is 11.2. The molecule has 0 aliphatic carbocycles. The van der Waals surface area contributed by atoms with Gasteiger partial charge in [-0.25, -0.2) is 0 Å². The Kier molecular flexibility index (Phi) is 4.08. The highest BCUT2D eigenvalue weighted by Gasteiger charge is 2.03. The van der Waals surface area contributed by atoms with Gasteiger partial charge in [0.2, 0.25) is 0 Å². The van der Waals surface area contributed by atoms with Crippen LogP contribution in [0.25, 0.3) is 0 Å². The Morgan fingerprint density at radius 2 is 2.21 bits per heavy atom. The van der Waals surface area contributed by atoms with Crippen LogP contribution in [0.2, 0.25) is 5.02 Å². The summed E-state index contributed by atoms with van der Waals surface area (Å²) >= 11 is 5.77. The van der Waals surface area contributed by atoms with Gasteiger partial charge in [-0.3, -0.25) is 0 Å². The lowest BCUT2D eigenvalue weighted by Crippen LogP contribution is -2.08. The Morgan fingerprint density at radius 3 is 2.79 bits per heavy atom. The van der Waals surface area contributed by atoms with Crippen LogP contribution in [0, 0.1) is 5.92 Å². The van der Waals surface area contributed by atoms with Crippen molar-refractivity contribution < 1.29 is 4.74 Å². The van der Waals surface area contributed by atoms with Gasteiger partial charge in [0.25, 0.3) is 0 Å². The fraction of sp³-hybridized carbons (Fsp3) is 0.455. The molecule has 0 saturated carbocycles. The van der Waals surface area contributed by atoms with Gasteiger partial charge in [0, 0.05) is 5.02 Å². The van der Waals surface area contributed by atoms with Crippen molar-refractivity contribution in [3.8, 4) is 5.75 Å².